The van der Waals surface area contributed by atoms with Crippen molar-refractivity contribution in [2.24, 2.45) is 0 Å². The van der Waals surface area contributed by atoms with Gasteiger partial charge in [0.2, 0.25) is 0 Å². The average molecular weight is 271 g/mol. The molecule has 2 rings (SSSR count). The maximum atomic E-state index is 4.72. The quantitative estimate of drug-likeness (QED) is 0.920. The minimum atomic E-state index is 0.485. The summed E-state index contributed by atoms with van der Waals surface area (Å²) in [6.07, 6.45) is 0. The lowest BCUT2D eigenvalue weighted by molar-refractivity contribution is 0.586. The average Bonchev–Trinajstić information content (AvgIpc) is 2.61. The topological polar surface area (TPSA) is 29.9 Å². The first-order chi connectivity index (χ1) is 9.38. The molecule has 0 radical (unpaired) electrons. The molecule has 2 aromatic rings. The van der Waals surface area contributed by atoms with Gasteiger partial charge in [0.25, 0.3) is 0 Å². The van der Waals surface area contributed by atoms with Crippen LogP contribution in [0.3, 0.4) is 0 Å². The van der Waals surface area contributed by atoms with E-state index in [1.807, 2.05) is 0 Å². The zero-order valence-corrected chi connectivity index (χ0v) is 13.4. The predicted octanol–water partition coefficient (Wildman–Crippen LogP) is 3.60. The Bertz CT molecular complexity index is 589. The molecule has 3 heteroatoms. The fraction of sp³-hybridized carbons (Fsp3) is 0.471. The van der Waals surface area contributed by atoms with Crippen molar-refractivity contribution < 1.29 is 0 Å². The third-order valence-electron chi connectivity index (χ3n) is 3.58. The van der Waals surface area contributed by atoms with Gasteiger partial charge in [-0.2, -0.15) is 5.10 Å². The molecule has 0 unspecified atom stereocenters. The molecule has 0 bridgehead atoms. The molecule has 3 nitrogen and oxygen atoms in total. The van der Waals surface area contributed by atoms with Crippen LogP contribution >= 0.6 is 0 Å². The van der Waals surface area contributed by atoms with E-state index in [0.29, 0.717) is 6.04 Å². The number of hydrogen-bond donors (Lipinski definition) is 1. The third kappa shape index (κ3) is 3.10. The van der Waals surface area contributed by atoms with Gasteiger partial charge in [0.15, 0.2) is 0 Å². The van der Waals surface area contributed by atoms with Crippen LogP contribution in [0.4, 0.5) is 0 Å². The molecular weight excluding hydrogens is 246 g/mol. The van der Waals surface area contributed by atoms with Gasteiger partial charge in [-0.05, 0) is 51.0 Å². The van der Waals surface area contributed by atoms with Crippen molar-refractivity contribution in [3.63, 3.8) is 0 Å². The van der Waals surface area contributed by atoms with Crippen LogP contribution in [0.15, 0.2) is 18.2 Å². The van der Waals surface area contributed by atoms with Crippen LogP contribution in [-0.4, -0.2) is 15.8 Å². The van der Waals surface area contributed by atoms with E-state index in [0.717, 1.165) is 17.9 Å². The predicted molar refractivity (Wildman–Crippen MR) is 84.5 cm³/mol. The monoisotopic (exact) mass is 271 g/mol. The summed E-state index contributed by atoms with van der Waals surface area (Å²) < 4.78 is 2.06. The first kappa shape index (κ1) is 14.8. The maximum Gasteiger partial charge on any atom is 0.0654 e. The highest BCUT2D eigenvalue weighted by Gasteiger charge is 2.13. The third-order valence-corrected chi connectivity index (χ3v) is 3.58. The zero-order valence-electron chi connectivity index (χ0n) is 13.4. The van der Waals surface area contributed by atoms with E-state index in [-0.39, 0.29) is 0 Å². The van der Waals surface area contributed by atoms with Gasteiger partial charge in [-0.3, -0.25) is 0 Å². The lowest BCUT2D eigenvalue weighted by Crippen LogP contribution is -2.22. The number of nitrogens with one attached hydrogen (secondary N) is 1. The SMILES string of the molecule is Cc1cc(C)cc(-n2nc(C)c(CNC(C)C)c2C)c1. The van der Waals surface area contributed by atoms with E-state index < -0.39 is 0 Å². The Morgan fingerprint density at radius 3 is 2.20 bits per heavy atom. The van der Waals surface area contributed by atoms with Crippen molar-refractivity contribution in [1.82, 2.24) is 15.1 Å². The van der Waals surface area contributed by atoms with Crippen LogP contribution in [0.25, 0.3) is 5.69 Å². The smallest absolute Gasteiger partial charge is 0.0654 e. The van der Waals surface area contributed by atoms with Gasteiger partial charge in [-0.15, -0.1) is 0 Å². The number of benzene rings is 1. The molecule has 1 heterocycles. The lowest BCUT2D eigenvalue weighted by atomic mass is 10.1. The molecule has 0 saturated heterocycles. The second-order valence-corrected chi connectivity index (χ2v) is 5.94. The molecule has 0 aliphatic heterocycles. The van der Waals surface area contributed by atoms with Crippen LogP contribution in [0.5, 0.6) is 0 Å². The van der Waals surface area contributed by atoms with Gasteiger partial charge in [0.05, 0.1) is 11.4 Å². The molecule has 20 heavy (non-hydrogen) atoms. The molecule has 0 fully saturated rings. The second-order valence-electron chi connectivity index (χ2n) is 5.94. The molecule has 1 N–H and O–H groups in total. The summed E-state index contributed by atoms with van der Waals surface area (Å²) >= 11 is 0. The molecule has 0 aliphatic carbocycles. The summed E-state index contributed by atoms with van der Waals surface area (Å²) in [7, 11) is 0. The van der Waals surface area contributed by atoms with Gasteiger partial charge in [-0.25, -0.2) is 4.68 Å². The summed E-state index contributed by atoms with van der Waals surface area (Å²) in [5, 5.41) is 8.19. The first-order valence-electron chi connectivity index (χ1n) is 7.25. The number of hydrogen-bond acceptors (Lipinski definition) is 2. The number of aromatic nitrogens is 2. The van der Waals surface area contributed by atoms with Crippen LogP contribution in [-0.2, 0) is 6.54 Å². The van der Waals surface area contributed by atoms with E-state index in [1.54, 1.807) is 0 Å². The first-order valence-corrected chi connectivity index (χ1v) is 7.25. The lowest BCUT2D eigenvalue weighted by Gasteiger charge is -2.10. The van der Waals surface area contributed by atoms with Crippen molar-refractivity contribution in [3.05, 3.63) is 46.3 Å². The standard InChI is InChI=1S/C17H25N3/c1-11(2)18-10-17-14(5)19-20(15(17)6)16-8-12(3)7-13(4)9-16/h7-9,11,18H,10H2,1-6H3. The van der Waals surface area contributed by atoms with E-state index in [9.17, 15) is 0 Å². The van der Waals surface area contributed by atoms with Crippen molar-refractivity contribution in [2.45, 2.75) is 54.1 Å². The molecule has 1 aromatic carbocycles. The molecule has 0 aliphatic rings. The molecule has 0 atom stereocenters. The Hall–Kier alpha value is -1.61. The number of nitrogens with zero attached hydrogens (tertiary/aromatic N) is 2. The number of rotatable bonds is 4. The Morgan fingerprint density at radius 2 is 1.65 bits per heavy atom. The highest BCUT2D eigenvalue weighted by molar-refractivity contribution is 5.42. The minimum absolute atomic E-state index is 0.485. The summed E-state index contributed by atoms with van der Waals surface area (Å²) in [5.74, 6) is 0. The van der Waals surface area contributed by atoms with Gasteiger partial charge >= 0.3 is 0 Å². The van der Waals surface area contributed by atoms with Crippen molar-refractivity contribution in [3.8, 4) is 5.69 Å². The van der Waals surface area contributed by atoms with Crippen LogP contribution in [0.1, 0.15) is 41.9 Å². The van der Waals surface area contributed by atoms with Gasteiger partial charge < -0.3 is 5.32 Å². The maximum absolute atomic E-state index is 4.72. The van der Waals surface area contributed by atoms with E-state index >= 15 is 0 Å². The summed E-state index contributed by atoms with van der Waals surface area (Å²) in [6, 6.07) is 7.05. The Labute approximate surface area is 122 Å². The highest BCUT2D eigenvalue weighted by atomic mass is 15.3. The van der Waals surface area contributed by atoms with Crippen molar-refractivity contribution in [1.29, 1.82) is 0 Å². The molecule has 0 saturated carbocycles. The Kier molecular flexibility index (Phi) is 4.29. The minimum Gasteiger partial charge on any atom is -0.310 e. The van der Waals surface area contributed by atoms with E-state index in [4.69, 9.17) is 5.10 Å². The highest BCUT2D eigenvalue weighted by Crippen LogP contribution is 2.20. The second kappa shape index (κ2) is 5.80. The van der Waals surface area contributed by atoms with E-state index in [1.165, 1.54) is 22.4 Å². The molecule has 108 valence electrons. The van der Waals surface area contributed by atoms with Crippen LogP contribution < -0.4 is 5.32 Å². The van der Waals surface area contributed by atoms with Gasteiger partial charge in [0.1, 0.15) is 0 Å². The molecule has 1 aromatic heterocycles. The summed E-state index contributed by atoms with van der Waals surface area (Å²) in [6.45, 7) is 13.7. The largest absolute Gasteiger partial charge is 0.310 e. The number of aryl methyl sites for hydroxylation is 3. The summed E-state index contributed by atoms with van der Waals surface area (Å²) in [5.41, 5.74) is 7.33. The molecular formula is C17H25N3. The Morgan fingerprint density at radius 1 is 1.05 bits per heavy atom. The fourth-order valence-corrected chi connectivity index (χ4v) is 2.56. The zero-order chi connectivity index (χ0) is 14.9. The van der Waals surface area contributed by atoms with Crippen LogP contribution in [0, 0.1) is 27.7 Å². The molecule has 0 spiro atoms. The fourth-order valence-electron chi connectivity index (χ4n) is 2.56. The normalized spacial score (nSPS) is 11.3. The van der Waals surface area contributed by atoms with Crippen molar-refractivity contribution >= 4 is 0 Å². The van der Waals surface area contributed by atoms with Crippen molar-refractivity contribution in [2.75, 3.05) is 0 Å². The van der Waals surface area contributed by atoms with Gasteiger partial charge in [-0.1, -0.05) is 19.9 Å². The van der Waals surface area contributed by atoms with Gasteiger partial charge in [0, 0.05) is 23.8 Å². The van der Waals surface area contributed by atoms with Crippen LogP contribution in [0.2, 0.25) is 0 Å². The summed E-state index contributed by atoms with van der Waals surface area (Å²) in [4.78, 5) is 0. The molecule has 0 amide bonds. The van der Waals surface area contributed by atoms with E-state index in [2.05, 4.69) is 69.7 Å². The Balaban J connectivity index is 2.40.